The molecule has 0 bridgehead atoms. The van der Waals surface area contributed by atoms with Crippen molar-refractivity contribution in [3.63, 3.8) is 0 Å². The van der Waals surface area contributed by atoms with Crippen LogP contribution in [0.4, 0.5) is 0 Å². The van der Waals surface area contributed by atoms with Gasteiger partial charge in [-0.15, -0.1) is 0 Å². The van der Waals surface area contributed by atoms with Crippen LogP contribution in [-0.4, -0.2) is 35.5 Å². The van der Waals surface area contributed by atoms with E-state index in [0.717, 1.165) is 47.4 Å². The van der Waals surface area contributed by atoms with Gasteiger partial charge in [-0.2, -0.15) is 0 Å². The summed E-state index contributed by atoms with van der Waals surface area (Å²) in [5, 5.41) is 3.15. The van der Waals surface area contributed by atoms with Crippen LogP contribution in [0.2, 0.25) is 0 Å². The molecule has 0 atom stereocenters. The van der Waals surface area contributed by atoms with Crippen molar-refractivity contribution in [3.05, 3.63) is 90.5 Å². The Balaban J connectivity index is 2.03. The minimum atomic E-state index is -2.49. The number of carbonyl (C=O) groups excluding carboxylic acids is 2. The highest BCUT2D eigenvalue weighted by atomic mass is 31.2. The van der Waals surface area contributed by atoms with Crippen molar-refractivity contribution in [2.24, 2.45) is 0 Å². The Morgan fingerprint density at radius 2 is 1.31 bits per heavy atom. The molecular weight excluding hydrogens is 413 g/mol. The quantitative estimate of drug-likeness (QED) is 0.530. The molecule has 1 amide bonds. The first-order chi connectivity index (χ1) is 15.7. The third-order valence-corrected chi connectivity index (χ3v) is 10.2. The Bertz CT molecular complexity index is 1090. The van der Waals surface area contributed by atoms with Crippen LogP contribution in [0.15, 0.2) is 84.9 Å². The summed E-state index contributed by atoms with van der Waals surface area (Å²) >= 11 is 0. The van der Waals surface area contributed by atoms with E-state index in [4.69, 9.17) is 0 Å². The maximum Gasteiger partial charge on any atom is 0.254 e. The molecule has 164 valence electrons. The molecule has 1 heterocycles. The average Bonchev–Trinajstić information content (AvgIpc) is 2.88. The molecule has 0 unspecified atom stereocenters. The lowest BCUT2D eigenvalue weighted by Gasteiger charge is -2.32. The fourth-order valence-corrected chi connectivity index (χ4v) is 8.57. The summed E-state index contributed by atoms with van der Waals surface area (Å²) in [5.41, 5.74) is 0.718. The highest BCUT2D eigenvalue weighted by Crippen LogP contribution is 2.45. The van der Waals surface area contributed by atoms with Crippen molar-refractivity contribution in [2.45, 2.75) is 32.6 Å². The van der Waals surface area contributed by atoms with Gasteiger partial charge in [-0.25, -0.2) is 0 Å². The largest absolute Gasteiger partial charge is 0.339 e. The molecule has 3 aromatic rings. The summed E-state index contributed by atoms with van der Waals surface area (Å²) in [6.45, 7) is 1.00. The molecule has 0 aromatic heterocycles. The predicted molar refractivity (Wildman–Crippen MR) is 136 cm³/mol. The van der Waals surface area contributed by atoms with Crippen molar-refractivity contribution in [1.82, 2.24) is 4.90 Å². The number of piperidine rings is 1. The highest BCUT2D eigenvalue weighted by molar-refractivity contribution is 7.95. The average molecular weight is 444 g/mol. The zero-order chi connectivity index (χ0) is 22.4. The normalized spacial score (nSPS) is 14.1. The lowest BCUT2D eigenvalue weighted by molar-refractivity contribution is -0.112. The van der Waals surface area contributed by atoms with Gasteiger partial charge in [0.25, 0.3) is 5.91 Å². The second kappa shape index (κ2) is 10.1. The van der Waals surface area contributed by atoms with E-state index in [0.29, 0.717) is 6.42 Å². The monoisotopic (exact) mass is 443 g/mol. The lowest BCUT2D eigenvalue weighted by atomic mass is 10.1. The number of nitrogens with zero attached hydrogens (tertiary/aromatic N) is 1. The molecule has 3 nitrogen and oxygen atoms in total. The number of amides is 1. The molecule has 0 aliphatic carbocycles. The van der Waals surface area contributed by atoms with Crippen LogP contribution in [0.3, 0.4) is 0 Å². The van der Waals surface area contributed by atoms with E-state index in [-0.39, 0.29) is 11.7 Å². The molecule has 0 spiro atoms. The molecular formula is C28H30NO2P. The third-order valence-electron chi connectivity index (χ3n) is 6.17. The minimum Gasteiger partial charge on any atom is -0.339 e. The molecule has 1 saturated heterocycles. The zero-order valence-corrected chi connectivity index (χ0v) is 19.5. The first-order valence-corrected chi connectivity index (χ1v) is 13.3. The maximum atomic E-state index is 13.7. The van der Waals surface area contributed by atoms with Gasteiger partial charge in [0.2, 0.25) is 0 Å². The standard InChI is InChI=1S/C28H30NO2P/c1-2-23(30)22-32(24-14-6-3-7-15-24,25-16-8-4-9-17-25)27-19-11-10-18-26(27)28(31)29-20-12-5-13-21-29/h3-4,6-11,14-19,22H,2,5,12-13,20-21H2,1H3. The molecule has 3 aromatic carbocycles. The molecule has 1 aliphatic rings. The Kier molecular flexibility index (Phi) is 7.07. The van der Waals surface area contributed by atoms with Crippen molar-refractivity contribution in [1.29, 1.82) is 0 Å². The van der Waals surface area contributed by atoms with E-state index in [1.165, 1.54) is 6.42 Å². The summed E-state index contributed by atoms with van der Waals surface area (Å²) in [4.78, 5) is 28.7. The molecule has 4 rings (SSSR count). The fourth-order valence-electron chi connectivity index (χ4n) is 4.51. The van der Waals surface area contributed by atoms with Crippen LogP contribution in [0.25, 0.3) is 0 Å². The number of hydrogen-bond donors (Lipinski definition) is 0. The smallest absolute Gasteiger partial charge is 0.254 e. The second-order valence-corrected chi connectivity index (χ2v) is 11.4. The van der Waals surface area contributed by atoms with Gasteiger partial charge in [0.1, 0.15) is 0 Å². The SMILES string of the molecule is CCC(=O)C=P(c1ccccc1)(c1ccccc1)c1ccccc1C(=O)N1CCCCC1. The summed E-state index contributed by atoms with van der Waals surface area (Å²) in [7, 11) is 0. The number of rotatable bonds is 6. The van der Waals surface area contributed by atoms with Crippen molar-refractivity contribution in [2.75, 3.05) is 13.1 Å². The fraction of sp³-hybridized carbons (Fsp3) is 0.250. The first-order valence-electron chi connectivity index (χ1n) is 11.4. The Labute approximate surface area is 191 Å². The molecule has 0 saturated carbocycles. The molecule has 1 aliphatic heterocycles. The minimum absolute atomic E-state index is 0.0777. The van der Waals surface area contributed by atoms with Gasteiger partial charge in [-0.3, -0.25) is 9.59 Å². The van der Waals surface area contributed by atoms with E-state index < -0.39 is 6.89 Å². The van der Waals surface area contributed by atoms with Crippen LogP contribution in [0.5, 0.6) is 0 Å². The van der Waals surface area contributed by atoms with E-state index in [1.54, 1.807) is 0 Å². The molecule has 0 radical (unpaired) electrons. The van der Waals surface area contributed by atoms with Gasteiger partial charge in [-0.1, -0.05) is 85.8 Å². The van der Waals surface area contributed by atoms with Gasteiger partial charge >= 0.3 is 0 Å². The number of ketones is 1. The molecule has 0 N–H and O–H groups in total. The van der Waals surface area contributed by atoms with E-state index in [2.05, 4.69) is 30.3 Å². The maximum absolute atomic E-state index is 13.7. The van der Waals surface area contributed by atoms with Crippen LogP contribution in [0, 0.1) is 0 Å². The first kappa shape index (κ1) is 22.3. The predicted octanol–water partition coefficient (Wildman–Crippen LogP) is 4.39. The molecule has 1 fully saturated rings. The lowest BCUT2D eigenvalue weighted by Crippen LogP contribution is -2.39. The van der Waals surface area contributed by atoms with Gasteiger partial charge in [0.15, 0.2) is 5.78 Å². The van der Waals surface area contributed by atoms with Crippen molar-refractivity contribution >= 4 is 40.3 Å². The zero-order valence-electron chi connectivity index (χ0n) is 18.6. The van der Waals surface area contributed by atoms with Crippen LogP contribution in [0.1, 0.15) is 43.0 Å². The second-order valence-electron chi connectivity index (χ2n) is 8.21. The summed E-state index contributed by atoms with van der Waals surface area (Å²) in [5.74, 6) is 2.11. The number of benzene rings is 3. The van der Waals surface area contributed by atoms with Crippen LogP contribution < -0.4 is 15.9 Å². The molecule has 4 heteroatoms. The number of carbonyl (C=O) groups is 2. The third kappa shape index (κ3) is 4.36. The summed E-state index contributed by atoms with van der Waals surface area (Å²) in [6, 6.07) is 28.4. The van der Waals surface area contributed by atoms with Crippen LogP contribution in [-0.2, 0) is 4.79 Å². The van der Waals surface area contributed by atoms with E-state index in [9.17, 15) is 9.59 Å². The van der Waals surface area contributed by atoms with Crippen molar-refractivity contribution < 1.29 is 9.59 Å². The topological polar surface area (TPSA) is 37.4 Å². The van der Waals surface area contributed by atoms with Crippen LogP contribution >= 0.6 is 6.89 Å². The van der Waals surface area contributed by atoms with Gasteiger partial charge < -0.3 is 4.90 Å². The van der Waals surface area contributed by atoms with Gasteiger partial charge in [0, 0.05) is 25.1 Å². The molecule has 32 heavy (non-hydrogen) atoms. The highest BCUT2D eigenvalue weighted by Gasteiger charge is 2.31. The number of hydrogen-bond acceptors (Lipinski definition) is 2. The van der Waals surface area contributed by atoms with Crippen molar-refractivity contribution in [3.8, 4) is 0 Å². The van der Waals surface area contributed by atoms with Gasteiger partial charge in [-0.05, 0) is 53.9 Å². The van der Waals surface area contributed by atoms with Gasteiger partial charge in [0.05, 0.1) is 0 Å². The summed E-state index contributed by atoms with van der Waals surface area (Å²) < 4.78 is 0. The van der Waals surface area contributed by atoms with E-state index >= 15 is 0 Å². The number of Topliss-reactive ketones (excluding diaryl/α,β-unsaturated/α-hetero) is 1. The summed E-state index contributed by atoms with van der Waals surface area (Å²) in [6.07, 6.45) is 3.71. The van der Waals surface area contributed by atoms with E-state index in [1.807, 2.05) is 72.2 Å². The Morgan fingerprint density at radius 3 is 1.88 bits per heavy atom. The number of likely N-dealkylation sites (tertiary alicyclic amines) is 1. The Hall–Kier alpha value is -2.90. The Morgan fingerprint density at radius 1 is 0.781 bits per heavy atom.